The molecule has 0 spiro atoms. The number of nitrogens with zero attached hydrogens (tertiary/aromatic N) is 13. The van der Waals surface area contributed by atoms with E-state index in [0.717, 1.165) is 106 Å². The van der Waals surface area contributed by atoms with Gasteiger partial charge in [-0.25, -0.2) is 44.9 Å². The highest BCUT2D eigenvalue weighted by Crippen LogP contribution is 2.47. The van der Waals surface area contributed by atoms with Gasteiger partial charge in [-0.05, 0) is 140 Å². The van der Waals surface area contributed by atoms with Crippen LogP contribution >= 0.6 is 0 Å². The molecule has 0 unspecified atom stereocenters. The molecule has 0 amide bonds. The van der Waals surface area contributed by atoms with Crippen LogP contribution in [0.15, 0.2) is 528 Å². The van der Waals surface area contributed by atoms with Crippen molar-refractivity contribution in [3.05, 3.63) is 528 Å². The lowest BCUT2D eigenvalue weighted by molar-refractivity contribution is 1.06. The number of hydrogen-bond acceptors (Lipinski definition) is 9. The molecule has 29 rings (SSSR count). The van der Waals surface area contributed by atoms with Crippen molar-refractivity contribution in [3.8, 4) is 147 Å². The molecule has 0 radical (unpaired) electrons. The second-order valence-electron chi connectivity index (χ2n) is 37.1. The van der Waals surface area contributed by atoms with E-state index in [4.69, 9.17) is 44.9 Å². The molecule has 7 aromatic heterocycles. The Morgan fingerprint density at radius 3 is 0.878 bits per heavy atom. The Hall–Kier alpha value is -20.2. The Morgan fingerprint density at radius 1 is 0.128 bits per heavy atom. The van der Waals surface area contributed by atoms with E-state index < -0.39 is 0 Å². The molecule has 0 bridgehead atoms. The average molecular weight is 1890 g/mol. The van der Waals surface area contributed by atoms with Crippen LogP contribution in [0.5, 0.6) is 0 Å². The molecule has 148 heavy (non-hydrogen) atoms. The summed E-state index contributed by atoms with van der Waals surface area (Å²) < 4.78 is 9.59. The molecule has 0 aliphatic carbocycles. The van der Waals surface area contributed by atoms with Gasteiger partial charge in [0.15, 0.2) is 52.4 Å². The van der Waals surface area contributed by atoms with Gasteiger partial charge in [-0.2, -0.15) is 0 Å². The average Bonchev–Trinajstić information content (AvgIpc) is 1.56. The van der Waals surface area contributed by atoms with Crippen LogP contribution in [0.4, 0.5) is 0 Å². The minimum atomic E-state index is 0.628. The molecule has 22 aromatic carbocycles. The Morgan fingerprint density at radius 2 is 0.419 bits per heavy atom. The minimum absolute atomic E-state index is 0.628. The fourth-order valence-corrected chi connectivity index (χ4v) is 21.3. The maximum Gasteiger partial charge on any atom is 0.166 e. The fraction of sp³-hybridized carbons (Fsp3) is 0. The first-order valence-electron chi connectivity index (χ1n) is 49.8. The molecule has 29 aromatic rings. The van der Waals surface area contributed by atoms with E-state index >= 15 is 0 Å². The highest BCUT2D eigenvalue weighted by molar-refractivity contribution is 6.26. The zero-order valence-electron chi connectivity index (χ0n) is 80.0. The summed E-state index contributed by atoms with van der Waals surface area (Å²) in [5.41, 5.74) is 26.7. The van der Waals surface area contributed by atoms with E-state index in [-0.39, 0.29) is 0 Å². The molecule has 0 saturated heterocycles. The first kappa shape index (κ1) is 86.9. The lowest BCUT2D eigenvalue weighted by Gasteiger charge is -2.15. The number of hydrogen-bond donors (Lipinski definition) is 0. The summed E-state index contributed by atoms with van der Waals surface area (Å²) >= 11 is 0. The summed E-state index contributed by atoms with van der Waals surface area (Å²) in [6, 6.07) is 185. The van der Waals surface area contributed by atoms with Crippen molar-refractivity contribution in [2.75, 3.05) is 0 Å². The minimum Gasteiger partial charge on any atom is -0.309 e. The van der Waals surface area contributed by atoms with Crippen LogP contribution in [-0.2, 0) is 0 Å². The van der Waals surface area contributed by atoms with Gasteiger partial charge in [0.2, 0.25) is 0 Å². The molecule has 7 heterocycles. The highest BCUT2D eigenvalue weighted by Gasteiger charge is 2.27. The molecule has 13 heteroatoms. The Labute approximate surface area is 852 Å². The third-order valence-electron chi connectivity index (χ3n) is 28.2. The van der Waals surface area contributed by atoms with Gasteiger partial charge in [0, 0.05) is 116 Å². The molecule has 0 fully saturated rings. The van der Waals surface area contributed by atoms with Gasteiger partial charge in [0.05, 0.1) is 49.8 Å². The number of para-hydroxylation sites is 3. The fourth-order valence-electron chi connectivity index (χ4n) is 21.3. The van der Waals surface area contributed by atoms with Crippen molar-refractivity contribution < 1.29 is 0 Å². The van der Waals surface area contributed by atoms with Gasteiger partial charge in [-0.15, -0.1) is 0 Å². The zero-order valence-corrected chi connectivity index (χ0v) is 80.0. The van der Waals surface area contributed by atoms with Gasteiger partial charge < -0.3 is 18.3 Å². The van der Waals surface area contributed by atoms with E-state index in [2.05, 4.69) is 364 Å². The van der Waals surface area contributed by atoms with Crippen molar-refractivity contribution >= 4 is 120 Å². The molecule has 0 saturated carbocycles. The van der Waals surface area contributed by atoms with E-state index in [0.29, 0.717) is 52.4 Å². The Balaban J connectivity index is 0.000000110. The van der Waals surface area contributed by atoms with Crippen molar-refractivity contribution in [2.45, 2.75) is 0 Å². The zero-order chi connectivity index (χ0) is 97.9. The van der Waals surface area contributed by atoms with Crippen LogP contribution in [0.1, 0.15) is 0 Å². The smallest absolute Gasteiger partial charge is 0.166 e. The lowest BCUT2D eigenvalue weighted by Crippen LogP contribution is -2.03. The Kier molecular flexibility index (Phi) is 21.9. The molecule has 13 nitrogen and oxygen atoms in total. The van der Waals surface area contributed by atoms with E-state index in [9.17, 15) is 0 Å². The molecule has 0 aliphatic heterocycles. The molecular formula is C135H87N13. The summed E-state index contributed by atoms with van der Waals surface area (Å²) in [4.78, 5) is 45.1. The summed E-state index contributed by atoms with van der Waals surface area (Å²) in [5, 5.41) is 17.1. The largest absolute Gasteiger partial charge is 0.309 e. The van der Waals surface area contributed by atoms with Gasteiger partial charge >= 0.3 is 0 Å². The van der Waals surface area contributed by atoms with E-state index in [1.165, 1.54) is 109 Å². The maximum atomic E-state index is 5.12. The van der Waals surface area contributed by atoms with Crippen LogP contribution in [0, 0.1) is 0 Å². The van der Waals surface area contributed by atoms with Gasteiger partial charge in [0.25, 0.3) is 0 Å². The molecule has 0 N–H and O–H groups in total. The monoisotopic (exact) mass is 1890 g/mol. The van der Waals surface area contributed by atoms with Gasteiger partial charge in [0.1, 0.15) is 0 Å². The highest BCUT2D eigenvalue weighted by atomic mass is 15.1. The molecule has 692 valence electrons. The normalized spacial score (nSPS) is 11.5. The summed E-state index contributed by atoms with van der Waals surface area (Å²) in [5.74, 6) is 5.76. The number of fused-ring (bicyclic) bond motifs is 18. The van der Waals surface area contributed by atoms with Gasteiger partial charge in [-0.3, -0.25) is 0 Å². The second kappa shape index (κ2) is 37.4. The van der Waals surface area contributed by atoms with Crippen LogP contribution < -0.4 is 0 Å². The predicted molar refractivity (Wildman–Crippen MR) is 609 cm³/mol. The quantitative estimate of drug-likeness (QED) is 0.0983. The molecular weight excluding hydrogens is 1800 g/mol. The summed E-state index contributed by atoms with van der Waals surface area (Å²) in [6.45, 7) is 0. The molecule has 0 aliphatic rings. The van der Waals surface area contributed by atoms with Crippen LogP contribution in [0.3, 0.4) is 0 Å². The standard InChI is InChI=1S/C49H31N5.2C43H28N4/c1-4-16-33(17-5-1)47-50-48(34-18-6-2-7-19-34)52-49(51-47)35-20-14-23-37(29-35)54-42-26-13-12-25-39(42)40-30-45-41(31-44(40)54)46-38-24-11-10-15-32(38)27-28-43(46)53(45)36-21-8-3-9-22-36;1-4-14-29(15-5-1)33-25-26-35-36-27-24-30-16-10-11-21-34(30)40(36)47(39(35)28-33)38-23-13-12-22-37(38)43-45-41(31-17-6-2-7-18-31)44-42(46-43)32-19-8-3-9-20-32;1-4-13-29(14-5-1)33-23-25-37-39(28-33)47(38-26-24-30-15-10-11-22-36(30)40(37)38)35-21-12-20-34(27-35)43-45-41(31-16-6-2-7-17-31)44-42(46-43)32-18-8-3-9-19-32/h1-31H;2*1-28H. The third kappa shape index (κ3) is 15.8. The predicted octanol–water partition coefficient (Wildman–Crippen LogP) is 33.8. The van der Waals surface area contributed by atoms with Crippen LogP contribution in [-0.4, -0.2) is 63.1 Å². The SMILES string of the molecule is c1ccc(-c2ccc3c4c5ccccc5ccc4n(-c4cccc(-c5nc(-c6ccccc6)nc(-c6ccccc6)n5)c4)c3c2)cc1.c1ccc(-c2ccc3c4ccc5ccccc5c4n(-c4ccccc4-c4nc(-c5ccccc5)nc(-c5ccccc5)n4)c3c2)cc1.c1ccc(-c2nc(-c3ccccc3)nc(-c3cccc(-n4c5ccccc5c5cc6c(cc54)c4c5ccccc5ccc4n6-c4ccccc4)c3)n2)cc1. The van der Waals surface area contributed by atoms with E-state index in [1.807, 2.05) is 182 Å². The van der Waals surface area contributed by atoms with Crippen molar-refractivity contribution in [2.24, 2.45) is 0 Å². The van der Waals surface area contributed by atoms with Gasteiger partial charge in [-0.1, -0.05) is 437 Å². The van der Waals surface area contributed by atoms with Crippen molar-refractivity contribution in [3.63, 3.8) is 0 Å². The van der Waals surface area contributed by atoms with Crippen molar-refractivity contribution in [1.82, 2.24) is 63.1 Å². The van der Waals surface area contributed by atoms with Crippen LogP contribution in [0.2, 0.25) is 0 Å². The second-order valence-corrected chi connectivity index (χ2v) is 37.1. The lowest BCUT2D eigenvalue weighted by atomic mass is 10.0. The number of rotatable bonds is 15. The molecule has 0 atom stereocenters. The first-order valence-corrected chi connectivity index (χ1v) is 49.8. The number of benzene rings is 22. The summed E-state index contributed by atoms with van der Waals surface area (Å²) in [6.07, 6.45) is 0. The topological polar surface area (TPSA) is 136 Å². The summed E-state index contributed by atoms with van der Waals surface area (Å²) in [7, 11) is 0. The van der Waals surface area contributed by atoms with Crippen molar-refractivity contribution in [1.29, 1.82) is 0 Å². The first-order chi connectivity index (χ1) is 73.4. The Bertz CT molecular complexity index is 9970. The van der Waals surface area contributed by atoms with Crippen LogP contribution in [0.25, 0.3) is 267 Å². The number of aromatic nitrogens is 13. The van der Waals surface area contributed by atoms with E-state index in [1.54, 1.807) is 0 Å². The maximum absolute atomic E-state index is 5.12. The third-order valence-corrected chi connectivity index (χ3v) is 28.2.